The number of halogens is 1. The minimum absolute atomic E-state index is 0. The van der Waals surface area contributed by atoms with Crippen molar-refractivity contribution in [1.82, 2.24) is 0 Å². The Balaban J connectivity index is 0.00000324. The van der Waals surface area contributed by atoms with Crippen LogP contribution in [0.4, 0.5) is 0 Å². The summed E-state index contributed by atoms with van der Waals surface area (Å²) in [5.74, 6) is 2.13. The Kier molecular flexibility index (Phi) is 8.05. The van der Waals surface area contributed by atoms with E-state index in [0.29, 0.717) is 30.2 Å². The predicted octanol–water partition coefficient (Wildman–Crippen LogP) is 1.15. The van der Waals surface area contributed by atoms with E-state index in [-0.39, 0.29) is 29.9 Å². The van der Waals surface area contributed by atoms with Crippen molar-refractivity contribution >= 4 is 29.9 Å². The Morgan fingerprint density at radius 1 is 1.05 bits per heavy atom. The van der Waals surface area contributed by atoms with Crippen LogP contribution in [-0.2, 0) is 6.42 Å². The van der Waals surface area contributed by atoms with Gasteiger partial charge in [0, 0.05) is 24.2 Å². The van der Waals surface area contributed by atoms with Crippen molar-refractivity contribution in [2.45, 2.75) is 6.42 Å². The number of aliphatic imine (C=N–C) groups is 1. The topological polar surface area (TPSA) is 92.1 Å². The van der Waals surface area contributed by atoms with Gasteiger partial charge in [-0.1, -0.05) is 0 Å². The highest BCUT2D eigenvalue weighted by atomic mass is 127. The van der Waals surface area contributed by atoms with Gasteiger partial charge in [-0.2, -0.15) is 0 Å². The molecule has 0 aliphatic carbocycles. The van der Waals surface area contributed by atoms with Gasteiger partial charge < -0.3 is 25.7 Å². The lowest BCUT2D eigenvalue weighted by Crippen LogP contribution is -2.23. The van der Waals surface area contributed by atoms with Gasteiger partial charge >= 0.3 is 0 Å². The molecule has 108 valence electrons. The zero-order valence-electron chi connectivity index (χ0n) is 11.3. The lowest BCUT2D eigenvalue weighted by molar-refractivity contribution is 0.369. The summed E-state index contributed by atoms with van der Waals surface area (Å²) in [6.07, 6.45) is 0.619. The number of nitrogens with zero attached hydrogens (tertiary/aromatic N) is 1. The van der Waals surface area contributed by atoms with E-state index in [0.717, 1.165) is 5.56 Å². The molecule has 0 atom stereocenters. The van der Waals surface area contributed by atoms with E-state index < -0.39 is 0 Å². The Morgan fingerprint density at radius 2 is 1.58 bits per heavy atom. The highest BCUT2D eigenvalue weighted by molar-refractivity contribution is 14.0. The number of rotatable bonds is 6. The van der Waals surface area contributed by atoms with Crippen LogP contribution in [0.5, 0.6) is 17.2 Å². The lowest BCUT2D eigenvalue weighted by atomic mass is 10.1. The molecular weight excluding hydrogens is 361 g/mol. The number of methoxy groups -OCH3 is 3. The Hall–Kier alpha value is -1.38. The predicted molar refractivity (Wildman–Crippen MR) is 85.9 cm³/mol. The summed E-state index contributed by atoms with van der Waals surface area (Å²) in [5.41, 5.74) is 11.5. The molecule has 6 nitrogen and oxygen atoms in total. The van der Waals surface area contributed by atoms with E-state index in [1.165, 1.54) is 0 Å². The van der Waals surface area contributed by atoms with Crippen LogP contribution in [0.2, 0.25) is 0 Å². The van der Waals surface area contributed by atoms with Crippen LogP contribution in [0.25, 0.3) is 0 Å². The second-order valence-electron chi connectivity index (χ2n) is 3.57. The standard InChI is InChI=1S/C12H19N3O3.HI/c1-16-8-6-10(17-2)9(11(7-8)18-3)4-5-15-12(13)14;/h6-7H,4-5H2,1-3H3,(H4,13,14,15);1H. The molecule has 7 heteroatoms. The van der Waals surface area contributed by atoms with Crippen LogP contribution in [-0.4, -0.2) is 33.8 Å². The maximum Gasteiger partial charge on any atom is 0.185 e. The minimum atomic E-state index is 0. The molecule has 0 bridgehead atoms. The Morgan fingerprint density at radius 3 is 1.95 bits per heavy atom. The van der Waals surface area contributed by atoms with Crippen molar-refractivity contribution in [2.75, 3.05) is 27.9 Å². The SMILES string of the molecule is COc1cc(OC)c(CCN=C(N)N)c(OC)c1.I. The molecule has 4 N–H and O–H groups in total. The summed E-state index contributed by atoms with van der Waals surface area (Å²) in [4.78, 5) is 3.94. The quantitative estimate of drug-likeness (QED) is 0.438. The van der Waals surface area contributed by atoms with Gasteiger partial charge in [-0.25, -0.2) is 0 Å². The van der Waals surface area contributed by atoms with Crippen LogP contribution in [0.15, 0.2) is 17.1 Å². The average Bonchev–Trinajstić information content (AvgIpc) is 2.37. The molecule has 0 aromatic heterocycles. The molecule has 0 heterocycles. The van der Waals surface area contributed by atoms with Gasteiger partial charge in [-0.15, -0.1) is 24.0 Å². The number of benzene rings is 1. The molecule has 1 rings (SSSR count). The maximum atomic E-state index is 5.32. The van der Waals surface area contributed by atoms with Gasteiger partial charge in [0.15, 0.2) is 5.96 Å². The van der Waals surface area contributed by atoms with E-state index in [1.807, 2.05) is 0 Å². The van der Waals surface area contributed by atoms with Gasteiger partial charge in [0.2, 0.25) is 0 Å². The number of guanidine groups is 1. The molecule has 0 saturated carbocycles. The van der Waals surface area contributed by atoms with Crippen molar-refractivity contribution in [3.05, 3.63) is 17.7 Å². The highest BCUT2D eigenvalue weighted by Crippen LogP contribution is 2.34. The van der Waals surface area contributed by atoms with Crippen LogP contribution in [0, 0.1) is 0 Å². The molecule has 19 heavy (non-hydrogen) atoms. The molecule has 0 aliphatic heterocycles. The third-order valence-corrected chi connectivity index (χ3v) is 2.47. The first-order valence-electron chi connectivity index (χ1n) is 5.46. The zero-order valence-corrected chi connectivity index (χ0v) is 13.6. The third-order valence-electron chi connectivity index (χ3n) is 2.47. The highest BCUT2D eigenvalue weighted by Gasteiger charge is 2.12. The maximum absolute atomic E-state index is 5.32. The van der Waals surface area contributed by atoms with Gasteiger partial charge in [-0.05, 0) is 6.42 Å². The van der Waals surface area contributed by atoms with Crippen molar-refractivity contribution in [1.29, 1.82) is 0 Å². The monoisotopic (exact) mass is 381 g/mol. The van der Waals surface area contributed by atoms with Gasteiger partial charge in [0.25, 0.3) is 0 Å². The fraction of sp³-hybridized carbons (Fsp3) is 0.417. The summed E-state index contributed by atoms with van der Waals surface area (Å²) in [7, 11) is 4.78. The molecule has 1 aromatic carbocycles. The molecule has 1 aromatic rings. The summed E-state index contributed by atoms with van der Waals surface area (Å²) in [6, 6.07) is 3.60. The van der Waals surface area contributed by atoms with E-state index in [1.54, 1.807) is 33.5 Å². The van der Waals surface area contributed by atoms with Crippen molar-refractivity contribution < 1.29 is 14.2 Å². The van der Waals surface area contributed by atoms with E-state index in [2.05, 4.69) is 4.99 Å². The van der Waals surface area contributed by atoms with E-state index in [9.17, 15) is 0 Å². The molecule has 0 spiro atoms. The average molecular weight is 381 g/mol. The second-order valence-corrected chi connectivity index (χ2v) is 3.57. The van der Waals surface area contributed by atoms with Crippen molar-refractivity contribution in [3.8, 4) is 17.2 Å². The number of nitrogens with two attached hydrogens (primary N) is 2. The smallest absolute Gasteiger partial charge is 0.185 e. The third kappa shape index (κ3) is 5.01. The fourth-order valence-corrected chi connectivity index (χ4v) is 1.62. The summed E-state index contributed by atoms with van der Waals surface area (Å²) in [6.45, 7) is 0.474. The zero-order chi connectivity index (χ0) is 13.5. The summed E-state index contributed by atoms with van der Waals surface area (Å²) < 4.78 is 15.8. The van der Waals surface area contributed by atoms with Gasteiger partial charge in [-0.3, -0.25) is 4.99 Å². The molecule has 0 unspecified atom stereocenters. The molecule has 0 fully saturated rings. The Labute approximate surface area is 130 Å². The molecule has 0 amide bonds. The van der Waals surface area contributed by atoms with Crippen molar-refractivity contribution in [3.63, 3.8) is 0 Å². The van der Waals surface area contributed by atoms with Gasteiger partial charge in [0.1, 0.15) is 17.2 Å². The lowest BCUT2D eigenvalue weighted by Gasteiger charge is -2.14. The van der Waals surface area contributed by atoms with E-state index in [4.69, 9.17) is 25.7 Å². The van der Waals surface area contributed by atoms with Crippen molar-refractivity contribution in [2.24, 2.45) is 16.5 Å². The second kappa shape index (κ2) is 8.68. The number of ether oxygens (including phenoxy) is 3. The molecule has 0 saturated heterocycles. The minimum Gasteiger partial charge on any atom is -0.496 e. The molecule has 0 radical (unpaired) electrons. The van der Waals surface area contributed by atoms with E-state index >= 15 is 0 Å². The van der Waals surface area contributed by atoms with Crippen LogP contribution in [0.3, 0.4) is 0 Å². The van der Waals surface area contributed by atoms with Crippen LogP contribution < -0.4 is 25.7 Å². The Bertz CT molecular complexity index is 409. The van der Waals surface area contributed by atoms with Crippen LogP contribution >= 0.6 is 24.0 Å². The fourth-order valence-electron chi connectivity index (χ4n) is 1.62. The number of hydrogen-bond acceptors (Lipinski definition) is 4. The first-order chi connectivity index (χ1) is 8.62. The largest absolute Gasteiger partial charge is 0.496 e. The molecule has 0 aliphatic rings. The molecular formula is C12H20IN3O3. The normalized spacial score (nSPS) is 9.21. The van der Waals surface area contributed by atoms with Crippen LogP contribution in [0.1, 0.15) is 5.56 Å². The number of hydrogen-bond donors (Lipinski definition) is 2. The van der Waals surface area contributed by atoms with Gasteiger partial charge in [0.05, 0.1) is 21.3 Å². The summed E-state index contributed by atoms with van der Waals surface area (Å²) in [5, 5.41) is 0. The first kappa shape index (κ1) is 17.6. The summed E-state index contributed by atoms with van der Waals surface area (Å²) >= 11 is 0. The first-order valence-corrected chi connectivity index (χ1v) is 5.46.